The van der Waals surface area contributed by atoms with Gasteiger partial charge in [-0.3, -0.25) is 0 Å². The van der Waals surface area contributed by atoms with Gasteiger partial charge in [-0.1, -0.05) is 13.8 Å². The number of rotatable bonds is 10. The van der Waals surface area contributed by atoms with E-state index in [0.717, 1.165) is 19.3 Å². The number of carbonyl (C=O) groups excluding carboxylic acids is 2. The van der Waals surface area contributed by atoms with Crippen LogP contribution in [0.2, 0.25) is 0 Å². The Balaban J connectivity index is 1.10. The van der Waals surface area contributed by atoms with Gasteiger partial charge in [-0.2, -0.15) is 4.98 Å². The molecular formula is C26H37N5O6. The smallest absolute Gasteiger partial charge is 0.407 e. The van der Waals surface area contributed by atoms with Gasteiger partial charge >= 0.3 is 12.1 Å². The van der Waals surface area contributed by atoms with Crippen LogP contribution in [0.4, 0.5) is 21.3 Å². The molecule has 11 heteroatoms. The van der Waals surface area contributed by atoms with Crippen LogP contribution in [0.5, 0.6) is 0 Å². The highest BCUT2D eigenvalue weighted by atomic mass is 16.7. The molecule has 3 aliphatic rings. The van der Waals surface area contributed by atoms with Crippen LogP contribution in [0, 0.1) is 17.8 Å². The Hall–Kier alpha value is -3.05. The average Bonchev–Trinajstić information content (AvgIpc) is 3.42. The molecule has 1 aromatic heterocycles. The van der Waals surface area contributed by atoms with Crippen molar-refractivity contribution < 1.29 is 28.2 Å². The van der Waals surface area contributed by atoms with Gasteiger partial charge in [0.25, 0.3) is 6.01 Å². The minimum Gasteiger partial charge on any atom is -0.443 e. The lowest BCUT2D eigenvalue weighted by Crippen LogP contribution is -2.46. The third-order valence-corrected chi connectivity index (χ3v) is 7.37. The monoisotopic (exact) mass is 515 g/mol. The van der Waals surface area contributed by atoms with Crippen molar-refractivity contribution >= 4 is 34.9 Å². The van der Waals surface area contributed by atoms with Crippen LogP contribution in [0.25, 0.3) is 11.1 Å². The summed E-state index contributed by atoms with van der Waals surface area (Å²) in [4.78, 5) is 31.7. The van der Waals surface area contributed by atoms with Gasteiger partial charge in [0.15, 0.2) is 11.9 Å². The predicted molar refractivity (Wildman–Crippen MR) is 137 cm³/mol. The van der Waals surface area contributed by atoms with Gasteiger partial charge < -0.3 is 39.5 Å². The number of anilines is 2. The maximum absolute atomic E-state index is 13.1. The molecule has 11 nitrogen and oxygen atoms in total. The molecule has 37 heavy (non-hydrogen) atoms. The van der Waals surface area contributed by atoms with Crippen molar-refractivity contribution in [3.8, 4) is 0 Å². The molecule has 3 heterocycles. The van der Waals surface area contributed by atoms with Crippen LogP contribution in [0.1, 0.15) is 39.5 Å². The van der Waals surface area contributed by atoms with Crippen molar-refractivity contribution in [2.45, 2.75) is 58.0 Å². The van der Waals surface area contributed by atoms with E-state index in [0.29, 0.717) is 67.3 Å². The molecule has 1 saturated carbocycles. The molecule has 1 aromatic carbocycles. The number of aromatic nitrogens is 1. The first-order chi connectivity index (χ1) is 17.9. The number of hydrogen-bond donors (Lipinski definition) is 3. The Morgan fingerprint density at radius 2 is 2.08 bits per heavy atom. The number of nitrogens with zero attached hydrogens (tertiary/aromatic N) is 2. The zero-order chi connectivity index (χ0) is 25.9. The van der Waals surface area contributed by atoms with Crippen molar-refractivity contribution in [1.82, 2.24) is 15.2 Å². The number of alkyl carbamates (subject to hydrolysis) is 1. The number of benzene rings is 1. The summed E-state index contributed by atoms with van der Waals surface area (Å²) in [5.41, 5.74) is 1.95. The summed E-state index contributed by atoms with van der Waals surface area (Å²) in [7, 11) is 1.74. The van der Waals surface area contributed by atoms with E-state index >= 15 is 0 Å². The fourth-order valence-electron chi connectivity index (χ4n) is 5.39. The molecule has 2 aromatic rings. The zero-order valence-electron chi connectivity index (χ0n) is 21.7. The fourth-order valence-corrected chi connectivity index (χ4v) is 5.39. The second kappa shape index (κ2) is 11.1. The number of carbonyl (C=O) groups is 2. The second-order valence-electron chi connectivity index (χ2n) is 10.6. The van der Waals surface area contributed by atoms with Gasteiger partial charge in [-0.15, -0.1) is 0 Å². The van der Waals surface area contributed by atoms with Gasteiger partial charge in [0, 0.05) is 44.2 Å². The number of urea groups is 1. The third-order valence-electron chi connectivity index (χ3n) is 7.37. The molecule has 3 N–H and O–H groups in total. The van der Waals surface area contributed by atoms with E-state index < -0.39 is 6.09 Å². The molecule has 5 unspecified atom stereocenters. The lowest BCUT2D eigenvalue weighted by Gasteiger charge is -2.36. The number of nitrogens with one attached hydrogen (secondary N) is 3. The molecule has 3 fully saturated rings. The second-order valence-corrected chi connectivity index (χ2v) is 10.6. The molecular weight excluding hydrogens is 478 g/mol. The number of ether oxygens (including phenoxy) is 3. The van der Waals surface area contributed by atoms with E-state index in [1.165, 1.54) is 0 Å². The average molecular weight is 516 g/mol. The quantitative estimate of drug-likeness (QED) is 0.405. The Labute approximate surface area is 216 Å². The molecule has 5 atom stereocenters. The summed E-state index contributed by atoms with van der Waals surface area (Å²) in [6.45, 7) is 6.37. The van der Waals surface area contributed by atoms with Gasteiger partial charge in [-0.25, -0.2) is 9.59 Å². The van der Waals surface area contributed by atoms with E-state index in [2.05, 4.69) is 34.8 Å². The lowest BCUT2D eigenvalue weighted by molar-refractivity contribution is -0.153. The summed E-state index contributed by atoms with van der Waals surface area (Å²) in [5.74, 6) is 1.09. The van der Waals surface area contributed by atoms with Gasteiger partial charge in [-0.05, 0) is 49.8 Å². The van der Waals surface area contributed by atoms with E-state index in [9.17, 15) is 9.59 Å². The maximum atomic E-state index is 13.1. The van der Waals surface area contributed by atoms with E-state index in [-0.39, 0.29) is 30.4 Å². The minimum absolute atomic E-state index is 0.0708. The van der Waals surface area contributed by atoms with Gasteiger partial charge in [0.1, 0.15) is 11.6 Å². The topological polar surface area (TPSA) is 127 Å². The summed E-state index contributed by atoms with van der Waals surface area (Å²) in [6.07, 6.45) is 2.45. The first kappa shape index (κ1) is 25.6. The molecule has 0 spiro atoms. The van der Waals surface area contributed by atoms with Gasteiger partial charge in [0.2, 0.25) is 0 Å². The van der Waals surface area contributed by atoms with E-state index in [1.807, 2.05) is 0 Å². The molecule has 5 rings (SSSR count). The Bertz CT molecular complexity index is 1100. The largest absolute Gasteiger partial charge is 0.443 e. The molecule has 1 aliphatic carbocycles. The fraction of sp³-hybridized carbons (Fsp3) is 0.654. The van der Waals surface area contributed by atoms with Crippen molar-refractivity contribution in [1.29, 1.82) is 0 Å². The molecule has 3 bridgehead atoms. The van der Waals surface area contributed by atoms with Crippen molar-refractivity contribution in [2.24, 2.45) is 17.8 Å². The first-order valence-corrected chi connectivity index (χ1v) is 13.3. The van der Waals surface area contributed by atoms with E-state index in [4.69, 9.17) is 18.6 Å². The predicted octanol–water partition coefficient (Wildman–Crippen LogP) is 4.02. The number of fused-ring (bicyclic) bond motifs is 3. The standard InChI is InChI=1S/C26H37N5O6/c1-15(2)7-10-31(25(32)29-18-5-6-20-19(13-18)30-24(27-3)36-20)9-4-8-28-26(33)37-22-17-11-16-12-21(22)35-23(16)34-14-17/h5-6,13,15-17,21-23H,4,7-12,14H2,1-3H3,(H,27,30)(H,28,33)(H,29,32). The van der Waals surface area contributed by atoms with Crippen molar-refractivity contribution in [3.63, 3.8) is 0 Å². The van der Waals surface area contributed by atoms with Crippen LogP contribution >= 0.6 is 0 Å². The Kier molecular flexibility index (Phi) is 7.71. The van der Waals surface area contributed by atoms with Crippen molar-refractivity contribution in [3.05, 3.63) is 18.2 Å². The molecule has 202 valence electrons. The highest BCUT2D eigenvalue weighted by Crippen LogP contribution is 2.46. The Morgan fingerprint density at radius 1 is 1.22 bits per heavy atom. The van der Waals surface area contributed by atoms with Crippen LogP contribution in [0.3, 0.4) is 0 Å². The normalized spacial score (nSPS) is 25.9. The Morgan fingerprint density at radius 3 is 2.89 bits per heavy atom. The highest BCUT2D eigenvalue weighted by molar-refractivity contribution is 5.91. The number of amides is 3. The first-order valence-electron chi connectivity index (χ1n) is 13.3. The summed E-state index contributed by atoms with van der Waals surface area (Å²) in [6, 6.07) is 5.60. The SMILES string of the molecule is CNc1nc2cc(NC(=O)N(CCCNC(=O)OC3C4COC5OC3CC5C4)CCC(C)C)ccc2o1. The molecule has 2 saturated heterocycles. The van der Waals surface area contributed by atoms with Crippen LogP contribution < -0.4 is 16.0 Å². The number of hydrogen-bond acceptors (Lipinski definition) is 8. The highest BCUT2D eigenvalue weighted by Gasteiger charge is 2.53. The van der Waals surface area contributed by atoms with Crippen LogP contribution in [0.15, 0.2) is 22.6 Å². The molecule has 3 amide bonds. The van der Waals surface area contributed by atoms with Crippen LogP contribution in [-0.4, -0.2) is 73.8 Å². The van der Waals surface area contributed by atoms with Gasteiger partial charge in [0.05, 0.1) is 12.7 Å². The van der Waals surface area contributed by atoms with E-state index in [1.54, 1.807) is 30.1 Å². The summed E-state index contributed by atoms with van der Waals surface area (Å²) >= 11 is 0. The zero-order valence-corrected chi connectivity index (χ0v) is 21.7. The summed E-state index contributed by atoms with van der Waals surface area (Å²) < 4.78 is 22.9. The van der Waals surface area contributed by atoms with Crippen LogP contribution in [-0.2, 0) is 14.2 Å². The molecule has 0 radical (unpaired) electrons. The maximum Gasteiger partial charge on any atom is 0.407 e. The number of oxazole rings is 1. The lowest BCUT2D eigenvalue weighted by atomic mass is 9.78. The third kappa shape index (κ3) is 5.93. The minimum atomic E-state index is -0.442. The van der Waals surface area contributed by atoms with Crippen molar-refractivity contribution in [2.75, 3.05) is 43.9 Å². The summed E-state index contributed by atoms with van der Waals surface area (Å²) in [5, 5.41) is 8.68. The molecule has 2 aliphatic heterocycles.